The Morgan fingerprint density at radius 1 is 1.00 bits per heavy atom. The van der Waals surface area contributed by atoms with Gasteiger partial charge in [-0.3, -0.25) is 25.2 Å². The molecule has 1 aliphatic rings. The molecular formula is C22H23N3O5. The zero-order valence-electron chi connectivity index (χ0n) is 17.0. The predicted molar refractivity (Wildman–Crippen MR) is 111 cm³/mol. The third-order valence-electron chi connectivity index (χ3n) is 4.78. The van der Waals surface area contributed by atoms with Crippen molar-refractivity contribution in [3.8, 4) is 11.5 Å². The Morgan fingerprint density at radius 3 is 2.30 bits per heavy atom. The van der Waals surface area contributed by atoms with Crippen molar-refractivity contribution in [1.29, 1.82) is 0 Å². The van der Waals surface area contributed by atoms with Gasteiger partial charge in [0.1, 0.15) is 11.5 Å². The summed E-state index contributed by atoms with van der Waals surface area (Å²) >= 11 is 0. The molecule has 0 radical (unpaired) electrons. The second-order valence-electron chi connectivity index (χ2n) is 6.69. The topological polar surface area (TPSA) is 97.0 Å². The van der Waals surface area contributed by atoms with Gasteiger partial charge in [-0.15, -0.1) is 0 Å². The first-order chi connectivity index (χ1) is 14.4. The van der Waals surface area contributed by atoms with Crippen molar-refractivity contribution >= 4 is 23.8 Å². The van der Waals surface area contributed by atoms with E-state index in [9.17, 15) is 14.4 Å². The zero-order valence-corrected chi connectivity index (χ0v) is 17.0. The normalized spacial score (nSPS) is 14.5. The molecule has 2 N–H and O–H groups in total. The molecule has 1 heterocycles. The molecule has 0 spiro atoms. The van der Waals surface area contributed by atoms with E-state index in [-0.39, 0.29) is 17.9 Å². The monoisotopic (exact) mass is 409 g/mol. The number of nitrogens with one attached hydrogen (secondary N) is 2. The summed E-state index contributed by atoms with van der Waals surface area (Å²) in [5.41, 5.74) is 6.88. The van der Waals surface area contributed by atoms with E-state index in [0.29, 0.717) is 11.5 Å². The number of ether oxygens (including phenoxy) is 2. The first kappa shape index (κ1) is 20.9. The maximum atomic E-state index is 12.5. The van der Waals surface area contributed by atoms with Crippen LogP contribution in [0.5, 0.6) is 11.5 Å². The number of methoxy groups -OCH3 is 2. The Morgan fingerprint density at radius 2 is 1.67 bits per heavy atom. The fourth-order valence-corrected chi connectivity index (χ4v) is 3.28. The van der Waals surface area contributed by atoms with Crippen LogP contribution < -0.4 is 20.3 Å². The molecule has 0 saturated carbocycles. The fourth-order valence-electron chi connectivity index (χ4n) is 3.28. The molecule has 8 heteroatoms. The van der Waals surface area contributed by atoms with E-state index < -0.39 is 17.9 Å². The van der Waals surface area contributed by atoms with E-state index >= 15 is 0 Å². The van der Waals surface area contributed by atoms with Crippen LogP contribution in [0.4, 0.5) is 0 Å². The van der Waals surface area contributed by atoms with Gasteiger partial charge in [-0.05, 0) is 29.3 Å². The summed E-state index contributed by atoms with van der Waals surface area (Å²) in [4.78, 5) is 38.5. The molecule has 2 aromatic rings. The molecule has 0 fully saturated rings. The van der Waals surface area contributed by atoms with Crippen molar-refractivity contribution in [2.75, 3.05) is 14.2 Å². The zero-order chi connectivity index (χ0) is 21.7. The van der Waals surface area contributed by atoms with Crippen LogP contribution in [0.15, 0.2) is 48.7 Å². The van der Waals surface area contributed by atoms with E-state index in [4.69, 9.17) is 9.47 Å². The van der Waals surface area contributed by atoms with Gasteiger partial charge in [0, 0.05) is 24.8 Å². The van der Waals surface area contributed by atoms with Gasteiger partial charge in [-0.25, -0.2) is 0 Å². The molecule has 2 aromatic carbocycles. The van der Waals surface area contributed by atoms with Crippen molar-refractivity contribution in [3.63, 3.8) is 0 Å². The van der Waals surface area contributed by atoms with Gasteiger partial charge in [-0.1, -0.05) is 24.3 Å². The average molecular weight is 409 g/mol. The maximum absolute atomic E-state index is 12.5. The number of carbonyl (C=O) groups excluding carboxylic acids is 3. The van der Waals surface area contributed by atoms with Gasteiger partial charge in [0.2, 0.25) is 11.8 Å². The summed E-state index contributed by atoms with van der Waals surface area (Å²) in [6.45, 7) is 1.45. The van der Waals surface area contributed by atoms with Gasteiger partial charge >= 0.3 is 0 Å². The number of carbonyl (C=O) groups is 3. The van der Waals surface area contributed by atoms with Gasteiger partial charge < -0.3 is 14.4 Å². The molecule has 0 aromatic heterocycles. The van der Waals surface area contributed by atoms with Gasteiger partial charge in [0.15, 0.2) is 0 Å². The molecule has 0 bridgehead atoms. The van der Waals surface area contributed by atoms with E-state index in [1.54, 1.807) is 12.3 Å². The van der Waals surface area contributed by atoms with Crippen molar-refractivity contribution < 1.29 is 23.9 Å². The van der Waals surface area contributed by atoms with E-state index in [0.717, 1.165) is 11.1 Å². The highest BCUT2D eigenvalue weighted by atomic mass is 16.5. The SMILES string of the molecule is COc1cc(OC)cc(C(=O)NNC(=O)C[C@@H]2c3ccccc3C=CN2C(C)=O)c1. The fraction of sp³-hybridized carbons (Fsp3) is 0.227. The molecule has 3 rings (SSSR count). The van der Waals surface area contributed by atoms with Crippen LogP contribution in [0, 0.1) is 0 Å². The van der Waals surface area contributed by atoms with Crippen LogP contribution in [-0.2, 0) is 9.59 Å². The summed E-state index contributed by atoms with van der Waals surface area (Å²) in [5, 5.41) is 0. The van der Waals surface area contributed by atoms with Gasteiger partial charge in [0.25, 0.3) is 5.91 Å². The number of nitrogens with zero attached hydrogens (tertiary/aromatic N) is 1. The third kappa shape index (κ3) is 4.60. The average Bonchev–Trinajstić information content (AvgIpc) is 2.76. The Balaban J connectivity index is 1.68. The summed E-state index contributed by atoms with van der Waals surface area (Å²) < 4.78 is 10.3. The summed E-state index contributed by atoms with van der Waals surface area (Å²) in [5.74, 6) is -0.222. The van der Waals surface area contributed by atoms with Crippen LogP contribution in [0.3, 0.4) is 0 Å². The van der Waals surface area contributed by atoms with Gasteiger partial charge in [-0.2, -0.15) is 0 Å². The predicted octanol–water partition coefficient (Wildman–Crippen LogP) is 2.43. The third-order valence-corrected chi connectivity index (χ3v) is 4.78. The number of hydrogen-bond acceptors (Lipinski definition) is 5. The Bertz CT molecular complexity index is 980. The lowest BCUT2D eigenvalue weighted by Gasteiger charge is -2.32. The number of hydrogen-bond donors (Lipinski definition) is 2. The molecule has 3 amide bonds. The first-order valence-corrected chi connectivity index (χ1v) is 9.31. The highest BCUT2D eigenvalue weighted by Crippen LogP contribution is 2.32. The van der Waals surface area contributed by atoms with Crippen molar-refractivity contribution in [1.82, 2.24) is 15.8 Å². The number of fused-ring (bicyclic) bond motifs is 1. The molecule has 8 nitrogen and oxygen atoms in total. The lowest BCUT2D eigenvalue weighted by Crippen LogP contribution is -2.43. The Hall–Kier alpha value is -3.81. The number of hydrazine groups is 1. The minimum absolute atomic E-state index is 0.0113. The lowest BCUT2D eigenvalue weighted by atomic mass is 9.93. The second kappa shape index (κ2) is 9.13. The molecular weight excluding hydrogens is 386 g/mol. The quantitative estimate of drug-likeness (QED) is 0.740. The molecule has 0 aliphatic carbocycles. The van der Waals surface area contributed by atoms with Crippen LogP contribution in [-0.4, -0.2) is 36.8 Å². The number of benzene rings is 2. The van der Waals surface area contributed by atoms with Crippen LogP contribution in [0.1, 0.15) is 40.9 Å². The minimum atomic E-state index is -0.520. The molecule has 1 atom stereocenters. The van der Waals surface area contributed by atoms with E-state index in [1.807, 2.05) is 30.3 Å². The number of rotatable bonds is 5. The maximum Gasteiger partial charge on any atom is 0.269 e. The van der Waals surface area contributed by atoms with E-state index in [2.05, 4.69) is 10.9 Å². The smallest absolute Gasteiger partial charge is 0.269 e. The standard InChI is InChI=1S/C22H23N3O5/c1-14(26)25-9-8-15-6-4-5-7-19(15)20(25)13-21(27)23-24-22(28)16-10-17(29-2)12-18(11-16)30-3/h4-12,20H,13H2,1-3H3,(H,23,27)(H,24,28)/t20-/m1/s1. The van der Waals surface area contributed by atoms with Gasteiger partial charge in [0.05, 0.1) is 26.7 Å². The van der Waals surface area contributed by atoms with E-state index in [1.165, 1.54) is 38.2 Å². The largest absolute Gasteiger partial charge is 0.497 e. The molecule has 156 valence electrons. The van der Waals surface area contributed by atoms with Crippen LogP contribution >= 0.6 is 0 Å². The lowest BCUT2D eigenvalue weighted by molar-refractivity contribution is -0.130. The second-order valence-corrected chi connectivity index (χ2v) is 6.69. The summed E-state index contributed by atoms with van der Waals surface area (Å²) in [6.07, 6.45) is 3.50. The molecule has 1 aliphatic heterocycles. The molecule has 0 unspecified atom stereocenters. The minimum Gasteiger partial charge on any atom is -0.497 e. The Labute approximate surface area is 174 Å². The molecule has 30 heavy (non-hydrogen) atoms. The first-order valence-electron chi connectivity index (χ1n) is 9.31. The summed E-state index contributed by atoms with van der Waals surface area (Å²) in [7, 11) is 2.96. The molecule has 0 saturated heterocycles. The number of amides is 3. The van der Waals surface area contributed by atoms with Crippen molar-refractivity contribution in [2.24, 2.45) is 0 Å². The van der Waals surface area contributed by atoms with Crippen LogP contribution in [0.2, 0.25) is 0 Å². The Kier molecular flexibility index (Phi) is 6.36. The summed E-state index contributed by atoms with van der Waals surface area (Å²) in [6, 6.07) is 11.8. The highest BCUT2D eigenvalue weighted by molar-refractivity contribution is 5.96. The highest BCUT2D eigenvalue weighted by Gasteiger charge is 2.28. The van der Waals surface area contributed by atoms with Crippen molar-refractivity contribution in [3.05, 3.63) is 65.4 Å². The van der Waals surface area contributed by atoms with Crippen LogP contribution in [0.25, 0.3) is 6.08 Å². The van der Waals surface area contributed by atoms with Crippen molar-refractivity contribution in [2.45, 2.75) is 19.4 Å².